The summed E-state index contributed by atoms with van der Waals surface area (Å²) >= 11 is 0. The van der Waals surface area contributed by atoms with Gasteiger partial charge in [-0.1, -0.05) is 42.5 Å². The Bertz CT molecular complexity index is 856. The molecule has 120 valence electrons. The number of carbonyl (C=O) groups excluding carboxylic acids is 2. The normalized spacial score (nSPS) is 10.3. The molecule has 0 fully saturated rings. The smallest absolute Gasteiger partial charge is 0.251 e. The molecular formula is C20H17NO3. The molecule has 1 amide bonds. The quantitative estimate of drug-likeness (QED) is 0.559. The zero-order chi connectivity index (χ0) is 16.8. The van der Waals surface area contributed by atoms with Crippen LogP contribution >= 0.6 is 0 Å². The standard InChI is InChI=1S/C20H17NO3/c22-14-15-5-7-17(8-6-15)20(23)21-11-12-24-19-10-9-16-3-1-2-4-18(16)13-19/h1-10,13-14H,11-12H2,(H,21,23). The first-order valence-electron chi connectivity index (χ1n) is 7.71. The number of hydrogen-bond donors (Lipinski definition) is 1. The van der Waals surface area contributed by atoms with Crippen LogP contribution in [-0.4, -0.2) is 25.3 Å². The summed E-state index contributed by atoms with van der Waals surface area (Å²) in [6.07, 6.45) is 0.749. The molecule has 0 spiro atoms. The van der Waals surface area contributed by atoms with E-state index in [0.29, 0.717) is 24.3 Å². The second-order valence-electron chi connectivity index (χ2n) is 5.35. The first-order valence-corrected chi connectivity index (χ1v) is 7.71. The Morgan fingerprint density at radius 2 is 1.71 bits per heavy atom. The van der Waals surface area contributed by atoms with Crippen molar-refractivity contribution in [1.29, 1.82) is 0 Å². The number of nitrogens with one attached hydrogen (secondary N) is 1. The molecule has 0 saturated heterocycles. The van der Waals surface area contributed by atoms with Gasteiger partial charge in [0.05, 0.1) is 6.54 Å². The minimum Gasteiger partial charge on any atom is -0.492 e. The van der Waals surface area contributed by atoms with Gasteiger partial charge in [0, 0.05) is 11.1 Å². The van der Waals surface area contributed by atoms with Gasteiger partial charge in [-0.2, -0.15) is 0 Å². The molecule has 1 N–H and O–H groups in total. The molecular weight excluding hydrogens is 302 g/mol. The fourth-order valence-corrected chi connectivity index (χ4v) is 2.41. The van der Waals surface area contributed by atoms with Gasteiger partial charge in [0.1, 0.15) is 18.6 Å². The van der Waals surface area contributed by atoms with Gasteiger partial charge in [-0.25, -0.2) is 0 Å². The lowest BCUT2D eigenvalue weighted by Gasteiger charge is -2.09. The molecule has 0 bridgehead atoms. The van der Waals surface area contributed by atoms with Gasteiger partial charge < -0.3 is 10.1 Å². The van der Waals surface area contributed by atoms with Crippen molar-refractivity contribution in [3.05, 3.63) is 77.9 Å². The van der Waals surface area contributed by atoms with Gasteiger partial charge in [-0.05, 0) is 35.0 Å². The number of benzene rings is 3. The highest BCUT2D eigenvalue weighted by molar-refractivity contribution is 5.94. The highest BCUT2D eigenvalue weighted by Gasteiger charge is 2.04. The van der Waals surface area contributed by atoms with Crippen LogP contribution in [0.4, 0.5) is 0 Å². The summed E-state index contributed by atoms with van der Waals surface area (Å²) in [5, 5.41) is 5.08. The molecule has 0 heterocycles. The molecule has 0 saturated carbocycles. The van der Waals surface area contributed by atoms with E-state index in [-0.39, 0.29) is 5.91 Å². The zero-order valence-corrected chi connectivity index (χ0v) is 13.1. The van der Waals surface area contributed by atoms with Gasteiger partial charge in [0.25, 0.3) is 5.91 Å². The molecule has 0 unspecified atom stereocenters. The van der Waals surface area contributed by atoms with Crippen molar-refractivity contribution in [2.24, 2.45) is 0 Å². The molecule has 0 aliphatic carbocycles. The largest absolute Gasteiger partial charge is 0.492 e. The van der Waals surface area contributed by atoms with E-state index >= 15 is 0 Å². The molecule has 0 aliphatic rings. The molecule has 3 aromatic carbocycles. The zero-order valence-electron chi connectivity index (χ0n) is 13.1. The third-order valence-corrected chi connectivity index (χ3v) is 3.69. The highest BCUT2D eigenvalue weighted by Crippen LogP contribution is 2.20. The summed E-state index contributed by atoms with van der Waals surface area (Å²) in [7, 11) is 0. The maximum atomic E-state index is 12.0. The van der Waals surface area contributed by atoms with Crippen LogP contribution in [-0.2, 0) is 0 Å². The molecule has 3 aromatic rings. The van der Waals surface area contributed by atoms with Crippen molar-refractivity contribution in [2.45, 2.75) is 0 Å². The lowest BCUT2D eigenvalue weighted by atomic mass is 10.1. The Morgan fingerprint density at radius 3 is 2.46 bits per heavy atom. The van der Waals surface area contributed by atoms with Crippen LogP contribution in [0.1, 0.15) is 20.7 Å². The summed E-state index contributed by atoms with van der Waals surface area (Å²) < 4.78 is 5.68. The van der Waals surface area contributed by atoms with Gasteiger partial charge in [0.2, 0.25) is 0 Å². The van der Waals surface area contributed by atoms with E-state index in [9.17, 15) is 9.59 Å². The summed E-state index contributed by atoms with van der Waals surface area (Å²) in [4.78, 5) is 22.6. The van der Waals surface area contributed by atoms with Gasteiger partial charge in [0.15, 0.2) is 0 Å². The second-order valence-corrected chi connectivity index (χ2v) is 5.35. The molecule has 0 atom stereocenters. The molecule has 3 rings (SSSR count). The van der Waals surface area contributed by atoms with E-state index in [0.717, 1.165) is 22.8 Å². The molecule has 0 radical (unpaired) electrons. The van der Waals surface area contributed by atoms with Crippen LogP contribution in [0.25, 0.3) is 10.8 Å². The van der Waals surface area contributed by atoms with Crippen LogP contribution in [0.15, 0.2) is 66.7 Å². The lowest BCUT2D eigenvalue weighted by molar-refractivity contribution is 0.0946. The summed E-state index contributed by atoms with van der Waals surface area (Å²) in [5.41, 5.74) is 1.07. The summed E-state index contributed by atoms with van der Waals surface area (Å²) in [6, 6.07) is 20.5. The number of ether oxygens (including phenoxy) is 1. The number of aldehydes is 1. The first kappa shape index (κ1) is 15.7. The van der Waals surface area contributed by atoms with E-state index in [1.54, 1.807) is 24.3 Å². The van der Waals surface area contributed by atoms with Crippen molar-refractivity contribution in [1.82, 2.24) is 5.32 Å². The van der Waals surface area contributed by atoms with Crippen LogP contribution in [0, 0.1) is 0 Å². The molecule has 24 heavy (non-hydrogen) atoms. The molecule has 4 heteroatoms. The number of amides is 1. The summed E-state index contributed by atoms with van der Waals surface area (Å²) in [5.74, 6) is 0.591. The minimum atomic E-state index is -0.186. The molecule has 0 aromatic heterocycles. The van der Waals surface area contributed by atoms with Crippen LogP contribution in [0.3, 0.4) is 0 Å². The van der Waals surface area contributed by atoms with Crippen molar-refractivity contribution in [3.63, 3.8) is 0 Å². The second kappa shape index (κ2) is 7.42. The van der Waals surface area contributed by atoms with Crippen molar-refractivity contribution >= 4 is 23.0 Å². The molecule has 4 nitrogen and oxygen atoms in total. The Morgan fingerprint density at radius 1 is 0.958 bits per heavy atom. The third-order valence-electron chi connectivity index (χ3n) is 3.69. The fourth-order valence-electron chi connectivity index (χ4n) is 2.41. The van der Waals surface area contributed by atoms with E-state index in [4.69, 9.17) is 4.74 Å². The predicted octanol–water partition coefficient (Wildman–Crippen LogP) is 3.46. The highest BCUT2D eigenvalue weighted by atomic mass is 16.5. The van der Waals surface area contributed by atoms with E-state index in [2.05, 4.69) is 11.4 Å². The Balaban J connectivity index is 1.50. The predicted molar refractivity (Wildman–Crippen MR) is 93.6 cm³/mol. The van der Waals surface area contributed by atoms with Crippen molar-refractivity contribution in [2.75, 3.05) is 13.2 Å². The SMILES string of the molecule is O=Cc1ccc(C(=O)NCCOc2ccc3ccccc3c2)cc1. The topological polar surface area (TPSA) is 55.4 Å². The maximum absolute atomic E-state index is 12.0. The average Bonchev–Trinajstić information content (AvgIpc) is 2.65. The van der Waals surface area contributed by atoms with Gasteiger partial charge in [-0.3, -0.25) is 9.59 Å². The number of fused-ring (bicyclic) bond motifs is 1. The Kier molecular flexibility index (Phi) is 4.87. The molecule has 0 aliphatic heterocycles. The number of hydrogen-bond acceptors (Lipinski definition) is 3. The fraction of sp³-hybridized carbons (Fsp3) is 0.100. The number of rotatable bonds is 6. The van der Waals surface area contributed by atoms with Crippen LogP contribution in [0.2, 0.25) is 0 Å². The first-order chi connectivity index (χ1) is 11.8. The monoisotopic (exact) mass is 319 g/mol. The number of carbonyl (C=O) groups is 2. The van der Waals surface area contributed by atoms with Crippen molar-refractivity contribution < 1.29 is 14.3 Å². The Hall–Kier alpha value is -3.14. The van der Waals surface area contributed by atoms with E-state index in [1.807, 2.05) is 36.4 Å². The van der Waals surface area contributed by atoms with Crippen molar-refractivity contribution in [3.8, 4) is 5.75 Å². The third kappa shape index (κ3) is 3.79. The van der Waals surface area contributed by atoms with E-state index < -0.39 is 0 Å². The van der Waals surface area contributed by atoms with Crippen LogP contribution in [0.5, 0.6) is 5.75 Å². The minimum absolute atomic E-state index is 0.186. The van der Waals surface area contributed by atoms with Crippen LogP contribution < -0.4 is 10.1 Å². The van der Waals surface area contributed by atoms with E-state index in [1.165, 1.54) is 0 Å². The lowest BCUT2D eigenvalue weighted by Crippen LogP contribution is -2.28. The maximum Gasteiger partial charge on any atom is 0.251 e. The van der Waals surface area contributed by atoms with Gasteiger partial charge >= 0.3 is 0 Å². The Labute approximate surface area is 140 Å². The average molecular weight is 319 g/mol. The summed E-state index contributed by atoms with van der Waals surface area (Å²) in [6.45, 7) is 0.789. The van der Waals surface area contributed by atoms with Gasteiger partial charge in [-0.15, -0.1) is 0 Å².